The molecule has 0 aliphatic heterocycles. The maximum Gasteiger partial charge on any atom is 0.338 e. The van der Waals surface area contributed by atoms with Gasteiger partial charge in [-0.2, -0.15) is 5.26 Å². The van der Waals surface area contributed by atoms with E-state index in [0.717, 1.165) is 24.0 Å². The molecule has 0 saturated carbocycles. The normalized spacial score (nSPS) is 9.83. The molecule has 0 amide bonds. The van der Waals surface area contributed by atoms with Crippen molar-refractivity contribution in [1.29, 1.82) is 5.26 Å². The van der Waals surface area contributed by atoms with E-state index in [1.165, 1.54) is 0 Å². The van der Waals surface area contributed by atoms with Crippen LogP contribution in [0.2, 0.25) is 0 Å². The molecule has 0 aliphatic rings. The Kier molecular flexibility index (Phi) is 6.24. The van der Waals surface area contributed by atoms with Crippen molar-refractivity contribution in [2.75, 3.05) is 12.5 Å². The fourth-order valence-corrected chi connectivity index (χ4v) is 1.85. The van der Waals surface area contributed by atoms with Gasteiger partial charge >= 0.3 is 5.97 Å². The lowest BCUT2D eigenvalue weighted by atomic mass is 9.98. The molecule has 1 rings (SSSR count). The summed E-state index contributed by atoms with van der Waals surface area (Å²) in [7, 11) is 0. The molecular formula is C14H16ClNO2. The van der Waals surface area contributed by atoms with Crippen molar-refractivity contribution in [2.24, 2.45) is 0 Å². The highest BCUT2D eigenvalue weighted by atomic mass is 35.5. The van der Waals surface area contributed by atoms with Crippen molar-refractivity contribution in [3.8, 4) is 6.07 Å². The van der Waals surface area contributed by atoms with Crippen LogP contribution in [0.4, 0.5) is 0 Å². The first-order valence-corrected chi connectivity index (χ1v) is 6.48. The van der Waals surface area contributed by atoms with Gasteiger partial charge in [0.1, 0.15) is 0 Å². The highest BCUT2D eigenvalue weighted by Gasteiger charge is 2.10. The van der Waals surface area contributed by atoms with Crippen LogP contribution in [0, 0.1) is 11.3 Å². The highest BCUT2D eigenvalue weighted by Crippen LogP contribution is 2.16. The molecule has 3 nitrogen and oxygen atoms in total. The summed E-state index contributed by atoms with van der Waals surface area (Å²) in [5.74, 6) is 0.242. The first-order valence-electron chi connectivity index (χ1n) is 5.94. The molecule has 0 aliphatic carbocycles. The Morgan fingerprint density at radius 1 is 1.44 bits per heavy atom. The minimum Gasteiger partial charge on any atom is -0.462 e. The number of hydrogen-bond acceptors (Lipinski definition) is 3. The smallest absolute Gasteiger partial charge is 0.338 e. The summed E-state index contributed by atoms with van der Waals surface area (Å²) < 4.78 is 4.94. The minimum absolute atomic E-state index is 0.296. The molecule has 1 aromatic rings. The average Bonchev–Trinajstić information content (AvgIpc) is 2.38. The lowest BCUT2D eigenvalue weighted by molar-refractivity contribution is 0.0526. The predicted octanol–water partition coefficient (Wildman–Crippen LogP) is 3.10. The number of nitriles is 1. The van der Waals surface area contributed by atoms with Gasteiger partial charge in [-0.15, -0.1) is 11.6 Å². The third-order valence-electron chi connectivity index (χ3n) is 2.57. The molecule has 0 saturated heterocycles. The molecule has 0 N–H and O–H groups in total. The van der Waals surface area contributed by atoms with Gasteiger partial charge in [0.15, 0.2) is 0 Å². The van der Waals surface area contributed by atoms with Gasteiger partial charge in [-0.05, 0) is 43.0 Å². The molecule has 0 heterocycles. The number of benzene rings is 1. The van der Waals surface area contributed by atoms with E-state index < -0.39 is 0 Å². The monoisotopic (exact) mass is 265 g/mol. The Morgan fingerprint density at radius 2 is 2.22 bits per heavy atom. The van der Waals surface area contributed by atoms with Crippen LogP contribution in [0.1, 0.15) is 34.8 Å². The van der Waals surface area contributed by atoms with E-state index in [0.29, 0.717) is 24.5 Å². The summed E-state index contributed by atoms with van der Waals surface area (Å²) in [4.78, 5) is 11.6. The molecule has 0 aromatic heterocycles. The van der Waals surface area contributed by atoms with E-state index in [4.69, 9.17) is 21.6 Å². The van der Waals surface area contributed by atoms with Gasteiger partial charge in [-0.25, -0.2) is 4.79 Å². The summed E-state index contributed by atoms with van der Waals surface area (Å²) in [6.45, 7) is 2.11. The number of carbonyl (C=O) groups excluding carboxylic acids is 1. The van der Waals surface area contributed by atoms with Crippen LogP contribution in [0.15, 0.2) is 18.2 Å². The summed E-state index contributed by atoms with van der Waals surface area (Å²) in [6.07, 6.45) is 1.98. The fraction of sp³-hybridized carbons (Fsp3) is 0.429. The third-order valence-corrected chi connectivity index (χ3v) is 2.83. The molecule has 18 heavy (non-hydrogen) atoms. The Hall–Kier alpha value is -1.53. The molecule has 96 valence electrons. The van der Waals surface area contributed by atoms with Crippen LogP contribution >= 0.6 is 11.6 Å². The van der Waals surface area contributed by atoms with Crippen LogP contribution in [-0.2, 0) is 17.6 Å². The molecular weight excluding hydrogens is 250 g/mol. The van der Waals surface area contributed by atoms with Crippen molar-refractivity contribution in [3.05, 3.63) is 34.9 Å². The molecule has 0 fully saturated rings. The molecule has 4 heteroatoms. The zero-order valence-corrected chi connectivity index (χ0v) is 11.2. The summed E-state index contributed by atoms with van der Waals surface area (Å²) >= 11 is 5.66. The van der Waals surface area contributed by atoms with Gasteiger partial charge in [0, 0.05) is 5.88 Å². The Bertz CT molecular complexity index is 452. The van der Waals surface area contributed by atoms with Gasteiger partial charge < -0.3 is 4.74 Å². The van der Waals surface area contributed by atoms with Crippen LogP contribution in [0.5, 0.6) is 0 Å². The molecule has 0 radical (unpaired) electrons. The third kappa shape index (κ3) is 4.05. The van der Waals surface area contributed by atoms with E-state index in [9.17, 15) is 4.79 Å². The fourth-order valence-electron chi connectivity index (χ4n) is 1.72. The molecule has 0 bridgehead atoms. The van der Waals surface area contributed by atoms with Gasteiger partial charge in [-0.1, -0.05) is 6.07 Å². The molecule has 0 spiro atoms. The van der Waals surface area contributed by atoms with Gasteiger partial charge in [0.2, 0.25) is 0 Å². The lowest BCUT2D eigenvalue weighted by Gasteiger charge is -2.08. The lowest BCUT2D eigenvalue weighted by Crippen LogP contribution is -2.06. The molecule has 0 atom stereocenters. The number of nitrogens with zero attached hydrogens (tertiary/aromatic N) is 1. The number of hydrogen-bond donors (Lipinski definition) is 0. The van der Waals surface area contributed by atoms with Crippen molar-refractivity contribution in [3.63, 3.8) is 0 Å². The average molecular weight is 266 g/mol. The van der Waals surface area contributed by atoms with E-state index in [1.54, 1.807) is 19.1 Å². The van der Waals surface area contributed by atoms with Crippen LogP contribution in [0.3, 0.4) is 0 Å². The minimum atomic E-state index is -0.347. The Morgan fingerprint density at radius 3 is 2.83 bits per heavy atom. The highest BCUT2D eigenvalue weighted by molar-refractivity contribution is 6.17. The first-order chi connectivity index (χ1) is 8.72. The van der Waals surface area contributed by atoms with Gasteiger partial charge in [0.25, 0.3) is 0 Å². The summed E-state index contributed by atoms with van der Waals surface area (Å²) in [5.41, 5.74) is 2.45. The largest absolute Gasteiger partial charge is 0.462 e. The van der Waals surface area contributed by atoms with E-state index >= 15 is 0 Å². The number of alkyl halides is 1. The Labute approximate surface area is 112 Å². The van der Waals surface area contributed by atoms with Crippen molar-refractivity contribution in [1.82, 2.24) is 0 Å². The van der Waals surface area contributed by atoms with Gasteiger partial charge in [-0.3, -0.25) is 0 Å². The number of aryl methyl sites for hydroxylation is 1. The second-order valence-corrected chi connectivity index (χ2v) is 4.21. The quantitative estimate of drug-likeness (QED) is 0.587. The second kappa shape index (κ2) is 7.73. The van der Waals surface area contributed by atoms with Crippen molar-refractivity contribution >= 4 is 17.6 Å². The zero-order chi connectivity index (χ0) is 13.4. The zero-order valence-electron chi connectivity index (χ0n) is 10.4. The van der Waals surface area contributed by atoms with E-state index in [2.05, 4.69) is 6.07 Å². The summed E-state index contributed by atoms with van der Waals surface area (Å²) in [5, 5.41) is 8.81. The van der Waals surface area contributed by atoms with Crippen molar-refractivity contribution < 1.29 is 9.53 Å². The van der Waals surface area contributed by atoms with Crippen molar-refractivity contribution in [2.45, 2.75) is 26.2 Å². The number of halogens is 1. The Balaban J connectivity index is 2.95. The maximum absolute atomic E-state index is 11.6. The second-order valence-electron chi connectivity index (χ2n) is 3.83. The van der Waals surface area contributed by atoms with E-state index in [-0.39, 0.29) is 5.97 Å². The number of carbonyl (C=O) groups is 1. The van der Waals surface area contributed by atoms with Crippen LogP contribution in [-0.4, -0.2) is 18.5 Å². The number of ether oxygens (including phenoxy) is 1. The molecule has 0 unspecified atom stereocenters. The summed E-state index contributed by atoms with van der Waals surface area (Å²) in [6, 6.07) is 7.47. The maximum atomic E-state index is 11.6. The number of rotatable bonds is 6. The topological polar surface area (TPSA) is 50.1 Å². The van der Waals surface area contributed by atoms with E-state index in [1.807, 2.05) is 6.07 Å². The molecule has 1 aromatic carbocycles. The number of esters is 1. The predicted molar refractivity (Wildman–Crippen MR) is 70.8 cm³/mol. The standard InChI is InChI=1S/C14H16ClNO2/c1-2-18-14(17)13-6-5-11(4-3-8-15)12(10-13)7-9-16/h5-6,10H,2-4,7-8H2,1H3. The van der Waals surface area contributed by atoms with Crippen LogP contribution in [0.25, 0.3) is 0 Å². The first kappa shape index (κ1) is 14.5. The SMILES string of the molecule is CCOC(=O)c1ccc(CCCCl)c(CC#N)c1. The van der Waals surface area contributed by atoms with Crippen LogP contribution < -0.4 is 0 Å². The van der Waals surface area contributed by atoms with Gasteiger partial charge in [0.05, 0.1) is 24.7 Å².